The predicted molar refractivity (Wildman–Crippen MR) is 136 cm³/mol. The van der Waals surface area contributed by atoms with Crippen LogP contribution in [0.5, 0.6) is 11.5 Å². The summed E-state index contributed by atoms with van der Waals surface area (Å²) >= 11 is 0. The lowest BCUT2D eigenvalue weighted by molar-refractivity contribution is 0.123. The second-order valence-electron chi connectivity index (χ2n) is 8.24. The molecule has 0 bridgehead atoms. The van der Waals surface area contributed by atoms with E-state index >= 15 is 0 Å². The van der Waals surface area contributed by atoms with E-state index in [0.717, 1.165) is 38.8 Å². The second-order valence-corrected chi connectivity index (χ2v) is 8.24. The van der Waals surface area contributed by atoms with Gasteiger partial charge in [0.25, 0.3) is 0 Å². The number of aliphatic hydroxyl groups is 1. The molecule has 0 saturated heterocycles. The molecule has 0 aliphatic heterocycles. The van der Waals surface area contributed by atoms with Crippen LogP contribution in [0.4, 0.5) is 0 Å². The molecule has 0 aliphatic carbocycles. The van der Waals surface area contributed by atoms with Crippen molar-refractivity contribution in [1.82, 2.24) is 0 Å². The van der Waals surface area contributed by atoms with Gasteiger partial charge in [0.1, 0.15) is 23.7 Å². The van der Waals surface area contributed by atoms with Gasteiger partial charge in [-0.05, 0) is 45.7 Å². The van der Waals surface area contributed by atoms with Gasteiger partial charge in [-0.15, -0.1) is 0 Å². The molecular formula is C31H26O3. The molecule has 1 atom stereocenters. The van der Waals surface area contributed by atoms with Crippen molar-refractivity contribution < 1.29 is 14.6 Å². The van der Waals surface area contributed by atoms with Gasteiger partial charge in [0.05, 0.1) is 7.11 Å². The molecule has 0 aromatic heterocycles. The number of ether oxygens (including phenoxy) is 2. The highest BCUT2D eigenvalue weighted by molar-refractivity contribution is 5.90. The van der Waals surface area contributed by atoms with E-state index in [1.807, 2.05) is 121 Å². The number of hydrogen-bond acceptors (Lipinski definition) is 3. The highest BCUT2D eigenvalue weighted by Crippen LogP contribution is 2.45. The van der Waals surface area contributed by atoms with Crippen LogP contribution in [0.25, 0.3) is 10.8 Å². The maximum Gasteiger partial charge on any atom is 0.144 e. The molecule has 3 heteroatoms. The average molecular weight is 447 g/mol. The van der Waals surface area contributed by atoms with Gasteiger partial charge in [-0.2, -0.15) is 0 Å². The molecule has 3 nitrogen and oxygen atoms in total. The Bertz CT molecular complexity index is 1380. The summed E-state index contributed by atoms with van der Waals surface area (Å²) in [7, 11) is 1.64. The summed E-state index contributed by atoms with van der Waals surface area (Å²) in [5.74, 6) is 1.38. The Kier molecular flexibility index (Phi) is 6.03. The molecule has 0 aliphatic rings. The minimum atomic E-state index is -1.43. The van der Waals surface area contributed by atoms with Crippen LogP contribution in [-0.4, -0.2) is 12.2 Å². The maximum atomic E-state index is 12.5. The van der Waals surface area contributed by atoms with E-state index in [-0.39, 0.29) is 0 Å². The smallest absolute Gasteiger partial charge is 0.144 e. The van der Waals surface area contributed by atoms with Crippen LogP contribution in [0.15, 0.2) is 121 Å². The molecule has 5 aromatic rings. The van der Waals surface area contributed by atoms with Crippen molar-refractivity contribution in [2.24, 2.45) is 0 Å². The monoisotopic (exact) mass is 446 g/mol. The Morgan fingerprint density at radius 3 is 1.97 bits per heavy atom. The van der Waals surface area contributed by atoms with Crippen molar-refractivity contribution in [2.75, 3.05) is 7.11 Å². The van der Waals surface area contributed by atoms with E-state index in [1.165, 1.54) is 0 Å². The van der Waals surface area contributed by atoms with Crippen molar-refractivity contribution in [3.8, 4) is 11.5 Å². The average Bonchev–Trinajstić information content (AvgIpc) is 2.92. The first kappa shape index (κ1) is 21.7. The fourth-order valence-corrected chi connectivity index (χ4v) is 4.46. The highest BCUT2D eigenvalue weighted by atomic mass is 16.5. The van der Waals surface area contributed by atoms with Crippen LogP contribution >= 0.6 is 0 Å². The number of hydrogen-bond donors (Lipinski definition) is 1. The SMILES string of the molecule is COc1ccc2ccccc2c1C(O)(c1ccccc1)c1ccc(OCc2ccccc2)cc1. The van der Waals surface area contributed by atoms with Crippen LogP contribution in [-0.2, 0) is 12.2 Å². The minimum absolute atomic E-state index is 0.486. The normalized spacial score (nSPS) is 12.8. The molecule has 1 unspecified atom stereocenters. The third-order valence-electron chi connectivity index (χ3n) is 6.18. The molecule has 0 spiro atoms. The van der Waals surface area contributed by atoms with Gasteiger partial charge in [-0.3, -0.25) is 0 Å². The predicted octanol–water partition coefficient (Wildman–Crippen LogP) is 6.71. The minimum Gasteiger partial charge on any atom is -0.496 e. The molecule has 0 fully saturated rings. The molecule has 1 N–H and O–H groups in total. The zero-order valence-electron chi connectivity index (χ0n) is 19.0. The van der Waals surface area contributed by atoms with E-state index in [1.54, 1.807) is 7.11 Å². The Balaban J connectivity index is 1.62. The molecule has 5 rings (SSSR count). The van der Waals surface area contributed by atoms with Crippen molar-refractivity contribution in [1.29, 1.82) is 0 Å². The lowest BCUT2D eigenvalue weighted by Crippen LogP contribution is -2.29. The largest absolute Gasteiger partial charge is 0.496 e. The number of rotatable bonds is 7. The van der Waals surface area contributed by atoms with Crippen LogP contribution in [0.1, 0.15) is 22.3 Å². The number of benzene rings is 5. The third-order valence-corrected chi connectivity index (χ3v) is 6.18. The molecule has 0 saturated carbocycles. The van der Waals surface area contributed by atoms with Crippen molar-refractivity contribution in [2.45, 2.75) is 12.2 Å². The maximum absolute atomic E-state index is 12.5. The van der Waals surface area contributed by atoms with Crippen LogP contribution in [0.3, 0.4) is 0 Å². The zero-order chi connectivity index (χ0) is 23.4. The molecule has 168 valence electrons. The Morgan fingerprint density at radius 1 is 0.647 bits per heavy atom. The fraction of sp³-hybridized carbons (Fsp3) is 0.0968. The van der Waals surface area contributed by atoms with Gasteiger partial charge in [0.2, 0.25) is 0 Å². The van der Waals surface area contributed by atoms with E-state index in [0.29, 0.717) is 12.4 Å². The molecule has 5 aromatic carbocycles. The van der Waals surface area contributed by atoms with Crippen molar-refractivity contribution >= 4 is 10.8 Å². The van der Waals surface area contributed by atoms with Crippen LogP contribution in [0, 0.1) is 0 Å². The van der Waals surface area contributed by atoms with Gasteiger partial charge >= 0.3 is 0 Å². The molecule has 0 radical (unpaired) electrons. The van der Waals surface area contributed by atoms with Crippen LogP contribution < -0.4 is 9.47 Å². The summed E-state index contributed by atoms with van der Waals surface area (Å²) < 4.78 is 11.7. The van der Waals surface area contributed by atoms with Gasteiger partial charge in [-0.25, -0.2) is 0 Å². The first-order valence-corrected chi connectivity index (χ1v) is 11.3. The summed E-state index contributed by atoms with van der Waals surface area (Å²) in [6.45, 7) is 0.486. The van der Waals surface area contributed by atoms with Gasteiger partial charge in [0.15, 0.2) is 0 Å². The highest BCUT2D eigenvalue weighted by Gasteiger charge is 2.38. The lowest BCUT2D eigenvalue weighted by atomic mass is 9.78. The summed E-state index contributed by atoms with van der Waals surface area (Å²) in [4.78, 5) is 0. The quantitative estimate of drug-likeness (QED) is 0.282. The lowest BCUT2D eigenvalue weighted by Gasteiger charge is -2.32. The fourth-order valence-electron chi connectivity index (χ4n) is 4.46. The van der Waals surface area contributed by atoms with E-state index in [9.17, 15) is 5.11 Å². The summed E-state index contributed by atoms with van der Waals surface area (Å²) in [6, 6.07) is 39.4. The van der Waals surface area contributed by atoms with Crippen LogP contribution in [0.2, 0.25) is 0 Å². The van der Waals surface area contributed by atoms with Crippen molar-refractivity contribution in [3.63, 3.8) is 0 Å². The third kappa shape index (κ3) is 4.02. The first-order valence-electron chi connectivity index (χ1n) is 11.3. The number of fused-ring (bicyclic) bond motifs is 1. The van der Waals surface area contributed by atoms with Gasteiger partial charge in [-0.1, -0.05) is 103 Å². The second kappa shape index (κ2) is 9.42. The van der Waals surface area contributed by atoms with Crippen molar-refractivity contribution in [3.05, 3.63) is 144 Å². The summed E-state index contributed by atoms with van der Waals surface area (Å²) in [6.07, 6.45) is 0. The summed E-state index contributed by atoms with van der Waals surface area (Å²) in [5, 5.41) is 14.5. The first-order chi connectivity index (χ1) is 16.7. The summed E-state index contributed by atoms with van der Waals surface area (Å²) in [5.41, 5.74) is 1.90. The van der Waals surface area contributed by atoms with E-state index in [4.69, 9.17) is 9.47 Å². The topological polar surface area (TPSA) is 38.7 Å². The number of methoxy groups -OCH3 is 1. The Morgan fingerprint density at radius 2 is 1.26 bits per heavy atom. The van der Waals surface area contributed by atoms with E-state index < -0.39 is 5.60 Å². The van der Waals surface area contributed by atoms with Gasteiger partial charge < -0.3 is 14.6 Å². The molecule has 34 heavy (non-hydrogen) atoms. The Hall–Kier alpha value is -4.08. The van der Waals surface area contributed by atoms with E-state index in [2.05, 4.69) is 0 Å². The molecule has 0 amide bonds. The molecular weight excluding hydrogens is 420 g/mol. The zero-order valence-corrected chi connectivity index (χ0v) is 19.0. The Labute approximate surface area is 199 Å². The standard InChI is InChI=1S/C31H26O3/c1-33-29-21-16-24-12-8-9-15-28(24)30(29)31(32,25-13-6-3-7-14-25)26-17-19-27(20-18-26)34-22-23-10-4-2-5-11-23/h2-21,32H,22H2,1H3. The van der Waals surface area contributed by atoms with Gasteiger partial charge in [0, 0.05) is 5.56 Å². The molecule has 0 heterocycles.